The first-order valence-corrected chi connectivity index (χ1v) is 10.5. The van der Waals surface area contributed by atoms with Crippen molar-refractivity contribution in [2.24, 2.45) is 0 Å². The summed E-state index contributed by atoms with van der Waals surface area (Å²) in [7, 11) is 1.43. The van der Waals surface area contributed by atoms with E-state index in [4.69, 9.17) is 4.74 Å². The minimum atomic E-state index is -0.175. The first-order chi connectivity index (χ1) is 14.6. The lowest BCUT2D eigenvalue weighted by Gasteiger charge is -2.10. The number of nitrogens with zero attached hydrogens (tertiary/aromatic N) is 2. The van der Waals surface area contributed by atoms with Crippen LogP contribution in [-0.2, 0) is 28.9 Å². The van der Waals surface area contributed by atoms with Crippen molar-refractivity contribution in [1.29, 1.82) is 5.26 Å². The highest BCUT2D eigenvalue weighted by Gasteiger charge is 2.10. The van der Waals surface area contributed by atoms with Crippen molar-refractivity contribution in [2.45, 2.75) is 45.6 Å². The zero-order chi connectivity index (χ0) is 21.3. The van der Waals surface area contributed by atoms with Crippen LogP contribution in [0.5, 0.6) is 0 Å². The molecule has 3 rings (SSSR count). The zero-order valence-corrected chi connectivity index (χ0v) is 17.7. The first-order valence-electron chi connectivity index (χ1n) is 10.5. The van der Waals surface area contributed by atoms with E-state index in [1.807, 2.05) is 24.3 Å². The second-order valence-corrected chi connectivity index (χ2v) is 7.50. The van der Waals surface area contributed by atoms with Crippen LogP contribution in [0.3, 0.4) is 0 Å². The first kappa shape index (κ1) is 21.4. The quantitative estimate of drug-likeness (QED) is 0.444. The maximum atomic E-state index is 11.5. The monoisotopic (exact) mass is 400 g/mol. The third kappa shape index (κ3) is 5.39. The van der Waals surface area contributed by atoms with E-state index in [1.165, 1.54) is 23.9 Å². The molecular weight excluding hydrogens is 372 g/mol. The molecule has 30 heavy (non-hydrogen) atoms. The number of ether oxygens (including phenoxy) is 1. The summed E-state index contributed by atoms with van der Waals surface area (Å²) in [5.74, 6) is -0.175. The molecule has 0 radical (unpaired) electrons. The molecule has 0 aliphatic rings. The van der Waals surface area contributed by atoms with E-state index in [0.29, 0.717) is 18.4 Å². The minimum absolute atomic E-state index is 0.175. The molecule has 0 spiro atoms. The number of nitriles is 1. The van der Waals surface area contributed by atoms with Crippen LogP contribution in [0, 0.1) is 11.3 Å². The zero-order valence-electron chi connectivity index (χ0n) is 17.7. The number of hydrogen-bond acceptors (Lipinski definition) is 3. The summed E-state index contributed by atoms with van der Waals surface area (Å²) in [6, 6.07) is 20.6. The molecule has 0 saturated heterocycles. The van der Waals surface area contributed by atoms with E-state index < -0.39 is 0 Å². The van der Waals surface area contributed by atoms with Gasteiger partial charge in [-0.05, 0) is 53.6 Å². The molecule has 0 amide bonds. The molecule has 0 aliphatic carbocycles. The normalized spacial score (nSPS) is 10.6. The van der Waals surface area contributed by atoms with Crippen LogP contribution in [0.25, 0.3) is 11.1 Å². The summed E-state index contributed by atoms with van der Waals surface area (Å²) in [5.41, 5.74) is 6.38. The number of benzene rings is 2. The number of carbonyl (C=O) groups is 1. The minimum Gasteiger partial charge on any atom is -0.469 e. The number of methoxy groups -OCH3 is 1. The lowest BCUT2D eigenvalue weighted by atomic mass is 9.99. The molecule has 0 N–H and O–H groups in total. The van der Waals surface area contributed by atoms with Crippen molar-refractivity contribution in [3.05, 3.63) is 83.2 Å². The molecule has 0 unspecified atom stereocenters. The van der Waals surface area contributed by atoms with Gasteiger partial charge in [0.05, 0.1) is 18.7 Å². The number of hydrogen-bond donors (Lipinski definition) is 0. The van der Waals surface area contributed by atoms with Crippen LogP contribution in [-0.4, -0.2) is 17.6 Å². The third-order valence-corrected chi connectivity index (χ3v) is 5.34. The maximum Gasteiger partial charge on any atom is 0.305 e. The molecule has 0 atom stereocenters. The Kier molecular flexibility index (Phi) is 7.45. The standard InChI is InChI=1S/C26H28N2O2/c1-3-4-8-24-16-21(12-15-26(29)30-2)19-28(24)18-20-10-13-22(14-11-20)25-9-6-5-7-23(25)17-27/h5-7,9-11,13-14,16,19H,3-4,8,12,15,18H2,1-2H3. The Morgan fingerprint density at radius 3 is 2.53 bits per heavy atom. The van der Waals surface area contributed by atoms with Gasteiger partial charge in [-0.15, -0.1) is 0 Å². The van der Waals surface area contributed by atoms with E-state index in [-0.39, 0.29) is 5.97 Å². The van der Waals surface area contributed by atoms with Gasteiger partial charge >= 0.3 is 5.97 Å². The largest absolute Gasteiger partial charge is 0.469 e. The fourth-order valence-electron chi connectivity index (χ4n) is 3.64. The van der Waals surface area contributed by atoms with Crippen molar-refractivity contribution < 1.29 is 9.53 Å². The van der Waals surface area contributed by atoms with Crippen LogP contribution >= 0.6 is 0 Å². The number of esters is 1. The number of aromatic nitrogens is 1. The van der Waals surface area contributed by atoms with Gasteiger partial charge in [-0.2, -0.15) is 5.26 Å². The van der Waals surface area contributed by atoms with Gasteiger partial charge in [-0.25, -0.2) is 0 Å². The van der Waals surface area contributed by atoms with Crippen LogP contribution in [0.1, 0.15) is 48.6 Å². The number of carbonyl (C=O) groups excluding carboxylic acids is 1. The summed E-state index contributed by atoms with van der Waals surface area (Å²) in [4.78, 5) is 11.5. The number of unbranched alkanes of at least 4 members (excludes halogenated alkanes) is 1. The Labute approximate surface area is 178 Å². The fraction of sp³-hybridized carbons (Fsp3) is 0.308. The van der Waals surface area contributed by atoms with Crippen molar-refractivity contribution in [3.8, 4) is 17.2 Å². The Morgan fingerprint density at radius 1 is 1.07 bits per heavy atom. The maximum absolute atomic E-state index is 11.5. The van der Waals surface area contributed by atoms with Crippen molar-refractivity contribution in [3.63, 3.8) is 0 Å². The molecule has 154 valence electrons. The molecule has 0 bridgehead atoms. The molecule has 1 heterocycles. The molecule has 4 nitrogen and oxygen atoms in total. The molecular formula is C26H28N2O2. The Bertz CT molecular complexity index is 1030. The van der Waals surface area contributed by atoms with Gasteiger partial charge in [-0.1, -0.05) is 55.8 Å². The van der Waals surface area contributed by atoms with Gasteiger partial charge in [0.15, 0.2) is 0 Å². The van der Waals surface area contributed by atoms with Gasteiger partial charge in [0.25, 0.3) is 0 Å². The Hall–Kier alpha value is -3.32. The average molecular weight is 401 g/mol. The van der Waals surface area contributed by atoms with Crippen molar-refractivity contribution in [2.75, 3.05) is 7.11 Å². The van der Waals surface area contributed by atoms with E-state index in [1.54, 1.807) is 0 Å². The molecule has 0 aliphatic heterocycles. The highest BCUT2D eigenvalue weighted by atomic mass is 16.5. The Balaban J connectivity index is 1.78. The second kappa shape index (κ2) is 10.5. The molecule has 2 aromatic carbocycles. The predicted molar refractivity (Wildman–Crippen MR) is 119 cm³/mol. The molecule has 0 saturated carbocycles. The van der Waals surface area contributed by atoms with Gasteiger partial charge in [0.1, 0.15) is 0 Å². The predicted octanol–water partition coefficient (Wildman–Crippen LogP) is 5.52. The van der Waals surface area contributed by atoms with E-state index in [2.05, 4.69) is 54.1 Å². The molecule has 0 fully saturated rings. The fourth-order valence-corrected chi connectivity index (χ4v) is 3.64. The lowest BCUT2D eigenvalue weighted by Crippen LogP contribution is -2.03. The van der Waals surface area contributed by atoms with E-state index >= 15 is 0 Å². The van der Waals surface area contributed by atoms with Crippen molar-refractivity contribution >= 4 is 5.97 Å². The Morgan fingerprint density at radius 2 is 1.83 bits per heavy atom. The highest BCUT2D eigenvalue weighted by molar-refractivity contribution is 5.70. The summed E-state index contributed by atoms with van der Waals surface area (Å²) >= 11 is 0. The average Bonchev–Trinajstić information content (AvgIpc) is 3.17. The summed E-state index contributed by atoms with van der Waals surface area (Å²) in [6.45, 7) is 2.99. The highest BCUT2D eigenvalue weighted by Crippen LogP contribution is 2.24. The number of rotatable bonds is 9. The van der Waals surface area contributed by atoms with Gasteiger partial charge in [0.2, 0.25) is 0 Å². The van der Waals surface area contributed by atoms with Crippen LogP contribution in [0.15, 0.2) is 60.8 Å². The smallest absolute Gasteiger partial charge is 0.305 e. The van der Waals surface area contributed by atoms with E-state index in [0.717, 1.165) is 36.9 Å². The van der Waals surface area contributed by atoms with Gasteiger partial charge < -0.3 is 9.30 Å². The van der Waals surface area contributed by atoms with E-state index in [9.17, 15) is 10.1 Å². The molecule has 3 aromatic rings. The topological polar surface area (TPSA) is 55.0 Å². The van der Waals surface area contributed by atoms with Gasteiger partial charge in [-0.3, -0.25) is 4.79 Å². The van der Waals surface area contributed by atoms with Gasteiger partial charge in [0, 0.05) is 24.9 Å². The van der Waals surface area contributed by atoms with Crippen LogP contribution in [0.4, 0.5) is 0 Å². The summed E-state index contributed by atoms with van der Waals surface area (Å²) in [5, 5.41) is 9.34. The summed E-state index contributed by atoms with van der Waals surface area (Å²) < 4.78 is 7.06. The SMILES string of the molecule is CCCCc1cc(CCC(=O)OC)cn1Cc1ccc(-c2ccccc2C#N)cc1. The van der Waals surface area contributed by atoms with Crippen molar-refractivity contribution in [1.82, 2.24) is 4.57 Å². The third-order valence-electron chi connectivity index (χ3n) is 5.34. The second-order valence-electron chi connectivity index (χ2n) is 7.50. The van der Waals surface area contributed by atoms with Crippen LogP contribution in [0.2, 0.25) is 0 Å². The van der Waals surface area contributed by atoms with Crippen LogP contribution < -0.4 is 0 Å². The molecule has 1 aromatic heterocycles. The number of aryl methyl sites for hydroxylation is 2. The molecule has 4 heteroatoms. The lowest BCUT2D eigenvalue weighted by molar-refractivity contribution is -0.140. The summed E-state index contributed by atoms with van der Waals surface area (Å²) in [6.07, 6.45) is 6.58.